The monoisotopic (exact) mass is 321 g/mol. The van der Waals surface area contributed by atoms with E-state index < -0.39 is 21.6 Å². The van der Waals surface area contributed by atoms with Crippen molar-refractivity contribution < 1.29 is 19.4 Å². The number of nitro benzene ring substituents is 1. The van der Waals surface area contributed by atoms with E-state index in [1.165, 1.54) is 31.5 Å². The predicted molar refractivity (Wildman–Crippen MR) is 77.2 cm³/mol. The highest BCUT2D eigenvalue weighted by atomic mass is 16.6. The molecule has 0 aliphatic rings. The molecule has 1 heterocycles. The van der Waals surface area contributed by atoms with E-state index in [-0.39, 0.29) is 23.7 Å². The third-order valence-corrected chi connectivity index (χ3v) is 2.79. The highest BCUT2D eigenvalue weighted by Gasteiger charge is 2.19. The smallest absolute Gasteiger partial charge is 0.389 e. The normalized spacial score (nSPS) is 10.1. The first kappa shape index (κ1) is 15.9. The number of benzene rings is 1. The Hall–Kier alpha value is -3.50. The molecule has 0 atom stereocenters. The van der Waals surface area contributed by atoms with Gasteiger partial charge in [0.25, 0.3) is 5.69 Å². The van der Waals surface area contributed by atoms with Crippen LogP contribution in [0.25, 0.3) is 0 Å². The SMILES string of the molecule is COc1ccc(NC(=O)Cn2ccc([N+](=O)[O-])n2)c([N+](=O)[O-])c1. The predicted octanol–water partition coefficient (Wildman–Crippen LogP) is 1.35. The van der Waals surface area contributed by atoms with Gasteiger partial charge >= 0.3 is 5.82 Å². The number of ether oxygens (including phenoxy) is 1. The van der Waals surface area contributed by atoms with Crippen molar-refractivity contribution in [3.63, 3.8) is 0 Å². The zero-order valence-electron chi connectivity index (χ0n) is 11.8. The maximum atomic E-state index is 11.9. The molecule has 0 fully saturated rings. The molecule has 120 valence electrons. The molecule has 0 spiro atoms. The Labute approximate surface area is 128 Å². The fourth-order valence-electron chi connectivity index (χ4n) is 1.77. The average molecular weight is 321 g/mol. The van der Waals surface area contributed by atoms with E-state index in [4.69, 9.17) is 4.74 Å². The van der Waals surface area contributed by atoms with Gasteiger partial charge in [-0.1, -0.05) is 0 Å². The van der Waals surface area contributed by atoms with E-state index in [9.17, 15) is 25.0 Å². The molecule has 1 amide bonds. The lowest BCUT2D eigenvalue weighted by molar-refractivity contribution is -0.389. The molecule has 0 radical (unpaired) electrons. The largest absolute Gasteiger partial charge is 0.496 e. The summed E-state index contributed by atoms with van der Waals surface area (Å²) in [5.41, 5.74) is -0.341. The number of methoxy groups -OCH3 is 1. The topological polar surface area (TPSA) is 142 Å². The second kappa shape index (κ2) is 6.51. The van der Waals surface area contributed by atoms with Crippen LogP contribution in [0.15, 0.2) is 30.5 Å². The van der Waals surface area contributed by atoms with E-state index in [1.54, 1.807) is 0 Å². The van der Waals surface area contributed by atoms with Crippen molar-refractivity contribution in [2.75, 3.05) is 12.4 Å². The number of carbonyl (C=O) groups is 1. The van der Waals surface area contributed by atoms with Gasteiger partial charge in [0.2, 0.25) is 5.91 Å². The fourth-order valence-corrected chi connectivity index (χ4v) is 1.77. The molecule has 0 unspecified atom stereocenters. The Morgan fingerprint density at radius 2 is 2.04 bits per heavy atom. The number of nitro groups is 2. The zero-order valence-corrected chi connectivity index (χ0v) is 11.8. The van der Waals surface area contributed by atoms with Crippen molar-refractivity contribution >= 4 is 23.1 Å². The third kappa shape index (κ3) is 3.78. The van der Waals surface area contributed by atoms with E-state index in [1.807, 2.05) is 0 Å². The molecular formula is C12H11N5O6. The first-order valence-electron chi connectivity index (χ1n) is 6.21. The number of rotatable bonds is 6. The Bertz CT molecular complexity index is 771. The molecule has 0 bridgehead atoms. The summed E-state index contributed by atoms with van der Waals surface area (Å²) >= 11 is 0. The minimum absolute atomic E-state index is 0.0116. The molecular weight excluding hydrogens is 310 g/mol. The van der Waals surface area contributed by atoms with Gasteiger partial charge in [0.05, 0.1) is 35.5 Å². The van der Waals surface area contributed by atoms with Crippen LogP contribution >= 0.6 is 0 Å². The molecule has 11 heteroatoms. The van der Waals surface area contributed by atoms with E-state index in [0.717, 1.165) is 10.7 Å². The zero-order chi connectivity index (χ0) is 17.0. The van der Waals surface area contributed by atoms with E-state index >= 15 is 0 Å². The number of anilines is 1. The summed E-state index contributed by atoms with van der Waals surface area (Å²) < 4.78 is 5.95. The van der Waals surface area contributed by atoms with Gasteiger partial charge in [-0.05, 0) is 17.1 Å². The maximum Gasteiger partial charge on any atom is 0.389 e. The van der Waals surface area contributed by atoms with E-state index in [0.29, 0.717) is 0 Å². The number of nitrogens with one attached hydrogen (secondary N) is 1. The van der Waals surface area contributed by atoms with Crippen LogP contribution in [0.2, 0.25) is 0 Å². The molecule has 2 aromatic rings. The van der Waals surface area contributed by atoms with Crippen LogP contribution < -0.4 is 10.1 Å². The number of amides is 1. The summed E-state index contributed by atoms with van der Waals surface area (Å²) in [6, 6.07) is 5.11. The molecule has 2 rings (SSSR count). The second-order valence-corrected chi connectivity index (χ2v) is 4.32. The van der Waals surface area contributed by atoms with Gasteiger partial charge in [0.15, 0.2) is 0 Å². The summed E-state index contributed by atoms with van der Waals surface area (Å²) in [6.07, 6.45) is 1.26. The standard InChI is InChI=1S/C12H11N5O6/c1-23-8-2-3-9(10(6-8)16(19)20)13-12(18)7-15-5-4-11(14-15)17(21)22/h2-6H,7H2,1H3,(H,13,18). The summed E-state index contributed by atoms with van der Waals surface area (Å²) in [5, 5.41) is 27.5. The van der Waals surface area contributed by atoms with Crippen LogP contribution in [0.3, 0.4) is 0 Å². The molecule has 23 heavy (non-hydrogen) atoms. The summed E-state index contributed by atoms with van der Waals surface area (Å²) in [7, 11) is 1.36. The van der Waals surface area contributed by atoms with E-state index in [2.05, 4.69) is 10.4 Å². The molecule has 1 N–H and O–H groups in total. The molecule has 0 saturated carbocycles. The van der Waals surface area contributed by atoms with Crippen molar-refractivity contribution in [3.05, 3.63) is 50.7 Å². The lowest BCUT2D eigenvalue weighted by Gasteiger charge is -2.06. The third-order valence-electron chi connectivity index (χ3n) is 2.79. The van der Waals surface area contributed by atoms with Crippen LogP contribution in [0.1, 0.15) is 0 Å². The average Bonchev–Trinajstić information content (AvgIpc) is 2.96. The number of nitrogens with zero attached hydrogens (tertiary/aromatic N) is 4. The quantitative estimate of drug-likeness (QED) is 0.624. The number of hydrogen-bond donors (Lipinski definition) is 1. The van der Waals surface area contributed by atoms with Crippen molar-refractivity contribution in [2.24, 2.45) is 0 Å². The number of carbonyl (C=O) groups excluding carboxylic acids is 1. The Balaban J connectivity index is 2.13. The number of hydrogen-bond acceptors (Lipinski definition) is 7. The molecule has 1 aromatic carbocycles. The molecule has 0 saturated heterocycles. The molecule has 0 aliphatic carbocycles. The van der Waals surface area contributed by atoms with Crippen LogP contribution in [-0.2, 0) is 11.3 Å². The highest BCUT2D eigenvalue weighted by Crippen LogP contribution is 2.28. The van der Waals surface area contributed by atoms with Gasteiger partial charge in [0.1, 0.15) is 18.0 Å². The van der Waals surface area contributed by atoms with Gasteiger partial charge in [-0.2, -0.15) is 4.68 Å². The minimum atomic E-state index is -0.692. The molecule has 11 nitrogen and oxygen atoms in total. The van der Waals surface area contributed by atoms with Gasteiger partial charge in [0, 0.05) is 0 Å². The summed E-state index contributed by atoms with van der Waals surface area (Å²) in [6.45, 7) is -0.322. The molecule has 0 aliphatic heterocycles. The van der Waals surface area contributed by atoms with Crippen molar-refractivity contribution in [1.29, 1.82) is 0 Å². The lowest BCUT2D eigenvalue weighted by atomic mass is 10.2. The number of aromatic nitrogens is 2. The molecule has 1 aromatic heterocycles. The lowest BCUT2D eigenvalue weighted by Crippen LogP contribution is -2.19. The second-order valence-electron chi connectivity index (χ2n) is 4.32. The maximum absolute atomic E-state index is 11.9. The van der Waals surface area contributed by atoms with Gasteiger partial charge in [-0.3, -0.25) is 14.9 Å². The van der Waals surface area contributed by atoms with Gasteiger partial charge < -0.3 is 20.2 Å². The van der Waals surface area contributed by atoms with Gasteiger partial charge in [-0.15, -0.1) is 0 Å². The fraction of sp³-hybridized carbons (Fsp3) is 0.167. The van der Waals surface area contributed by atoms with Crippen molar-refractivity contribution in [2.45, 2.75) is 6.54 Å². The van der Waals surface area contributed by atoms with Crippen LogP contribution in [-0.4, -0.2) is 32.6 Å². The Morgan fingerprint density at radius 3 is 2.61 bits per heavy atom. The van der Waals surface area contributed by atoms with Crippen molar-refractivity contribution in [3.8, 4) is 5.75 Å². The van der Waals surface area contributed by atoms with Crippen molar-refractivity contribution in [1.82, 2.24) is 9.78 Å². The van der Waals surface area contributed by atoms with Crippen LogP contribution in [0.4, 0.5) is 17.2 Å². The summed E-state index contributed by atoms with van der Waals surface area (Å²) in [5.74, 6) is -0.734. The van der Waals surface area contributed by atoms with Gasteiger partial charge in [-0.25, -0.2) is 0 Å². The van der Waals surface area contributed by atoms with Crippen LogP contribution in [0, 0.1) is 20.2 Å². The highest BCUT2D eigenvalue weighted by molar-refractivity contribution is 5.93. The first-order chi connectivity index (χ1) is 10.9. The van der Waals surface area contributed by atoms with Crippen LogP contribution in [0.5, 0.6) is 5.75 Å². The minimum Gasteiger partial charge on any atom is -0.496 e. The summed E-state index contributed by atoms with van der Waals surface area (Å²) in [4.78, 5) is 32.1. The Kier molecular flexibility index (Phi) is 4.50. The first-order valence-corrected chi connectivity index (χ1v) is 6.21. The Morgan fingerprint density at radius 1 is 1.30 bits per heavy atom.